The number of nitrogens with zero attached hydrogens (tertiary/aromatic N) is 2. The lowest BCUT2D eigenvalue weighted by Gasteiger charge is -2.33. The van der Waals surface area contributed by atoms with Crippen LogP contribution in [0.1, 0.15) is 143 Å². The molecule has 0 aliphatic carbocycles. The summed E-state index contributed by atoms with van der Waals surface area (Å²) in [5.74, 6) is 0. The molecule has 1 atom stereocenters. The third-order valence-electron chi connectivity index (χ3n) is 6.57. The second-order valence-electron chi connectivity index (χ2n) is 9.35. The van der Waals surface area contributed by atoms with Crippen molar-refractivity contribution < 1.29 is 0 Å². The first kappa shape index (κ1) is 26.4. The molecule has 0 bridgehead atoms. The van der Waals surface area contributed by atoms with Gasteiger partial charge in [0.05, 0.1) is 0 Å². The van der Waals surface area contributed by atoms with Gasteiger partial charge in [-0.1, -0.05) is 117 Å². The molecule has 0 fully saturated rings. The molecule has 2 heteroatoms. The first-order valence-electron chi connectivity index (χ1n) is 13.5. The molecular weight excluding hydrogens is 352 g/mol. The molecule has 0 aromatic heterocycles. The molecule has 0 aromatic rings. The van der Waals surface area contributed by atoms with Crippen molar-refractivity contribution in [1.82, 2.24) is 9.80 Å². The second kappa shape index (κ2) is 19.3. The van der Waals surface area contributed by atoms with Gasteiger partial charge in [0.1, 0.15) is 6.17 Å². The number of rotatable bonds is 21. The number of hydrogen-bond acceptors (Lipinski definition) is 2. The summed E-state index contributed by atoms with van der Waals surface area (Å²) in [6.45, 7) is 9.43. The van der Waals surface area contributed by atoms with Crippen LogP contribution in [0.5, 0.6) is 0 Å². The normalized spacial score (nSPS) is 16.3. The Balaban J connectivity index is 2.26. The minimum absolute atomic E-state index is 0.646. The molecule has 1 aliphatic heterocycles. The number of hydrogen-bond donors (Lipinski definition) is 0. The van der Waals surface area contributed by atoms with E-state index in [2.05, 4.69) is 43.0 Å². The van der Waals surface area contributed by atoms with Gasteiger partial charge in [-0.25, -0.2) is 0 Å². The van der Waals surface area contributed by atoms with E-state index in [-0.39, 0.29) is 0 Å². The topological polar surface area (TPSA) is 6.48 Å². The maximum Gasteiger partial charge on any atom is 0.101 e. The molecule has 0 amide bonds. The Labute approximate surface area is 184 Å². The van der Waals surface area contributed by atoms with E-state index in [1.807, 2.05) is 0 Å². The largest absolute Gasteiger partial charge is 0.356 e. The van der Waals surface area contributed by atoms with Crippen molar-refractivity contribution in [3.05, 3.63) is 12.4 Å². The van der Waals surface area contributed by atoms with E-state index < -0.39 is 0 Å². The average Bonchev–Trinajstić information content (AvgIpc) is 3.11. The molecule has 1 heterocycles. The van der Waals surface area contributed by atoms with E-state index in [0.29, 0.717) is 6.17 Å². The third kappa shape index (κ3) is 13.3. The van der Waals surface area contributed by atoms with Crippen LogP contribution >= 0.6 is 0 Å². The van der Waals surface area contributed by atoms with E-state index in [1.54, 1.807) is 0 Å². The molecule has 0 radical (unpaired) electrons. The molecular formula is C27H54N2. The molecule has 0 N–H and O–H groups in total. The quantitative estimate of drug-likeness (QED) is 0.176. The Morgan fingerprint density at radius 1 is 0.448 bits per heavy atom. The lowest BCUT2D eigenvalue weighted by molar-refractivity contribution is 0.135. The van der Waals surface area contributed by atoms with Gasteiger partial charge in [0.2, 0.25) is 0 Å². The van der Waals surface area contributed by atoms with E-state index in [9.17, 15) is 0 Å². The van der Waals surface area contributed by atoms with Crippen LogP contribution in [0.15, 0.2) is 12.4 Å². The van der Waals surface area contributed by atoms with Crippen molar-refractivity contribution in [2.45, 2.75) is 149 Å². The van der Waals surface area contributed by atoms with Crippen LogP contribution in [0.4, 0.5) is 0 Å². The highest BCUT2D eigenvalue weighted by atomic mass is 15.4. The molecule has 172 valence electrons. The summed E-state index contributed by atoms with van der Waals surface area (Å²) in [5.41, 5.74) is 0. The van der Waals surface area contributed by atoms with Gasteiger partial charge in [0.15, 0.2) is 0 Å². The first-order chi connectivity index (χ1) is 14.3. The van der Waals surface area contributed by atoms with Crippen molar-refractivity contribution in [3.8, 4) is 0 Å². The van der Waals surface area contributed by atoms with Gasteiger partial charge < -0.3 is 9.80 Å². The van der Waals surface area contributed by atoms with Crippen LogP contribution in [0.3, 0.4) is 0 Å². The van der Waals surface area contributed by atoms with Crippen molar-refractivity contribution in [2.24, 2.45) is 0 Å². The fourth-order valence-electron chi connectivity index (χ4n) is 4.60. The van der Waals surface area contributed by atoms with Gasteiger partial charge >= 0.3 is 0 Å². The molecule has 2 nitrogen and oxygen atoms in total. The average molecular weight is 407 g/mol. The highest BCUT2D eigenvalue weighted by Gasteiger charge is 2.24. The standard InChI is InChI=1S/C27H54N2/c1-4-7-10-13-14-15-16-17-19-22-27-28(23-20-12-9-6-3)25-26-29(27)24-21-18-11-8-5-2/h25-27H,4-24H2,1-3H3. The van der Waals surface area contributed by atoms with Crippen LogP contribution in [-0.4, -0.2) is 29.1 Å². The van der Waals surface area contributed by atoms with Crippen LogP contribution in [0.25, 0.3) is 0 Å². The molecule has 1 aliphatic rings. The maximum atomic E-state index is 2.66. The molecule has 0 aromatic carbocycles. The summed E-state index contributed by atoms with van der Waals surface area (Å²) in [6, 6.07) is 0. The van der Waals surface area contributed by atoms with E-state index >= 15 is 0 Å². The van der Waals surface area contributed by atoms with Gasteiger partial charge in [0, 0.05) is 25.5 Å². The van der Waals surface area contributed by atoms with Gasteiger partial charge in [-0.3, -0.25) is 0 Å². The number of unbranched alkanes of at least 4 members (excludes halogenated alkanes) is 15. The third-order valence-corrected chi connectivity index (χ3v) is 6.57. The Hall–Kier alpha value is -0.660. The van der Waals surface area contributed by atoms with Crippen molar-refractivity contribution in [1.29, 1.82) is 0 Å². The summed E-state index contributed by atoms with van der Waals surface area (Å²) < 4.78 is 0. The lowest BCUT2D eigenvalue weighted by Crippen LogP contribution is -2.39. The van der Waals surface area contributed by atoms with Gasteiger partial charge in [-0.05, 0) is 25.7 Å². The predicted molar refractivity (Wildman–Crippen MR) is 131 cm³/mol. The smallest absolute Gasteiger partial charge is 0.101 e. The first-order valence-corrected chi connectivity index (χ1v) is 13.5. The monoisotopic (exact) mass is 406 g/mol. The Morgan fingerprint density at radius 2 is 0.793 bits per heavy atom. The van der Waals surface area contributed by atoms with Crippen molar-refractivity contribution >= 4 is 0 Å². The Bertz CT molecular complexity index is 366. The van der Waals surface area contributed by atoms with Gasteiger partial charge in [-0.15, -0.1) is 0 Å². The van der Waals surface area contributed by atoms with Crippen LogP contribution in [0.2, 0.25) is 0 Å². The summed E-state index contributed by atoms with van der Waals surface area (Å²) in [6.07, 6.45) is 32.1. The highest BCUT2D eigenvalue weighted by Crippen LogP contribution is 2.23. The Kier molecular flexibility index (Phi) is 17.6. The zero-order chi connectivity index (χ0) is 21.0. The van der Waals surface area contributed by atoms with Crippen LogP contribution in [-0.2, 0) is 0 Å². The summed E-state index contributed by atoms with van der Waals surface area (Å²) in [7, 11) is 0. The highest BCUT2D eigenvalue weighted by molar-refractivity contribution is 4.96. The molecule has 1 unspecified atom stereocenters. The minimum Gasteiger partial charge on any atom is -0.356 e. The van der Waals surface area contributed by atoms with Crippen molar-refractivity contribution in [2.75, 3.05) is 13.1 Å². The Morgan fingerprint density at radius 3 is 1.24 bits per heavy atom. The fraction of sp³-hybridized carbons (Fsp3) is 0.926. The van der Waals surface area contributed by atoms with Gasteiger partial charge in [-0.2, -0.15) is 0 Å². The SMILES string of the molecule is CCCCCCCCCCCC1N(CCCCCC)C=CN1CCCCCCC. The fourth-order valence-corrected chi connectivity index (χ4v) is 4.60. The van der Waals surface area contributed by atoms with Gasteiger partial charge in [0.25, 0.3) is 0 Å². The molecule has 29 heavy (non-hydrogen) atoms. The minimum atomic E-state index is 0.646. The van der Waals surface area contributed by atoms with E-state index in [1.165, 1.54) is 135 Å². The zero-order valence-electron chi connectivity index (χ0n) is 20.5. The summed E-state index contributed by atoms with van der Waals surface area (Å²) in [4.78, 5) is 5.32. The molecule has 0 saturated heterocycles. The summed E-state index contributed by atoms with van der Waals surface area (Å²) >= 11 is 0. The van der Waals surface area contributed by atoms with E-state index in [4.69, 9.17) is 0 Å². The van der Waals surface area contributed by atoms with Crippen LogP contribution < -0.4 is 0 Å². The summed E-state index contributed by atoms with van der Waals surface area (Å²) in [5, 5.41) is 0. The second-order valence-corrected chi connectivity index (χ2v) is 9.35. The maximum absolute atomic E-state index is 2.66. The molecule has 1 rings (SSSR count). The van der Waals surface area contributed by atoms with E-state index in [0.717, 1.165) is 0 Å². The molecule has 0 spiro atoms. The lowest BCUT2D eigenvalue weighted by atomic mass is 10.1. The molecule has 0 saturated carbocycles. The van der Waals surface area contributed by atoms with Crippen molar-refractivity contribution in [3.63, 3.8) is 0 Å². The zero-order valence-corrected chi connectivity index (χ0v) is 20.5. The predicted octanol–water partition coefficient (Wildman–Crippen LogP) is 8.87. The van der Waals surface area contributed by atoms with Crippen LogP contribution in [0, 0.1) is 0 Å².